The quantitative estimate of drug-likeness (QED) is 0.820. The maximum absolute atomic E-state index is 11.6. The molecular formula is C18H26N4O2S. The minimum atomic E-state index is -3.06. The van der Waals surface area contributed by atoms with Crippen LogP contribution in [0.1, 0.15) is 38.3 Å². The number of rotatable bonds is 5. The summed E-state index contributed by atoms with van der Waals surface area (Å²) in [6.45, 7) is 5.47. The molecule has 1 aliphatic rings. The van der Waals surface area contributed by atoms with Crippen molar-refractivity contribution in [3.8, 4) is 11.4 Å². The minimum Gasteiger partial charge on any atom is -0.261 e. The molecule has 0 spiro atoms. The van der Waals surface area contributed by atoms with Gasteiger partial charge >= 0.3 is 0 Å². The number of hydrogen-bond donors (Lipinski definition) is 0. The standard InChI is InChI=1S/C18H26N4O2S/c1-14(2)22-18(5-9-20-22)17-13-16(4-8-19-17)12-15-6-10-21(11-7-15)25(3,23)24/h4-5,8-9,13-15H,6-7,10-12H2,1-3H3. The highest BCUT2D eigenvalue weighted by atomic mass is 32.2. The zero-order valence-electron chi connectivity index (χ0n) is 15.1. The lowest BCUT2D eigenvalue weighted by Gasteiger charge is -2.30. The number of hydrogen-bond acceptors (Lipinski definition) is 4. The zero-order valence-corrected chi connectivity index (χ0v) is 15.9. The Kier molecular flexibility index (Phi) is 5.24. The van der Waals surface area contributed by atoms with E-state index in [0.29, 0.717) is 19.0 Å². The van der Waals surface area contributed by atoms with Crippen molar-refractivity contribution in [2.45, 2.75) is 39.2 Å². The van der Waals surface area contributed by atoms with Gasteiger partial charge in [0.05, 0.1) is 17.6 Å². The van der Waals surface area contributed by atoms with E-state index in [0.717, 1.165) is 30.7 Å². The van der Waals surface area contributed by atoms with Gasteiger partial charge in [-0.05, 0) is 62.8 Å². The fraction of sp³-hybridized carbons (Fsp3) is 0.556. The molecule has 7 heteroatoms. The third-order valence-corrected chi connectivity index (χ3v) is 6.12. The summed E-state index contributed by atoms with van der Waals surface area (Å²) in [6.07, 6.45) is 7.74. The van der Waals surface area contributed by atoms with E-state index in [9.17, 15) is 8.42 Å². The SMILES string of the molecule is CC(C)n1nccc1-c1cc(CC2CCN(S(C)(=O)=O)CC2)ccn1. The van der Waals surface area contributed by atoms with Gasteiger partial charge in [0.15, 0.2) is 0 Å². The van der Waals surface area contributed by atoms with E-state index in [1.54, 1.807) is 4.31 Å². The van der Waals surface area contributed by atoms with Crippen molar-refractivity contribution in [3.63, 3.8) is 0 Å². The molecule has 1 aliphatic heterocycles. The zero-order chi connectivity index (χ0) is 18.0. The van der Waals surface area contributed by atoms with E-state index in [2.05, 4.69) is 36.1 Å². The molecule has 0 N–H and O–H groups in total. The van der Waals surface area contributed by atoms with Gasteiger partial charge in [0.1, 0.15) is 0 Å². The number of nitrogens with zero attached hydrogens (tertiary/aromatic N) is 4. The Morgan fingerprint density at radius 1 is 1.20 bits per heavy atom. The van der Waals surface area contributed by atoms with Crippen LogP contribution in [0.15, 0.2) is 30.6 Å². The lowest BCUT2D eigenvalue weighted by Crippen LogP contribution is -2.38. The van der Waals surface area contributed by atoms with Crippen molar-refractivity contribution >= 4 is 10.0 Å². The lowest BCUT2D eigenvalue weighted by molar-refractivity contribution is 0.274. The fourth-order valence-corrected chi connectivity index (χ4v) is 4.32. The molecule has 2 aromatic rings. The van der Waals surface area contributed by atoms with Crippen molar-refractivity contribution in [2.75, 3.05) is 19.3 Å². The van der Waals surface area contributed by atoms with E-state index < -0.39 is 10.0 Å². The van der Waals surface area contributed by atoms with Crippen molar-refractivity contribution in [2.24, 2.45) is 5.92 Å². The van der Waals surface area contributed by atoms with E-state index in [1.165, 1.54) is 11.8 Å². The molecule has 0 unspecified atom stereocenters. The molecule has 25 heavy (non-hydrogen) atoms. The summed E-state index contributed by atoms with van der Waals surface area (Å²) in [7, 11) is -3.06. The summed E-state index contributed by atoms with van der Waals surface area (Å²) in [5.41, 5.74) is 3.22. The molecular weight excluding hydrogens is 336 g/mol. The highest BCUT2D eigenvalue weighted by Crippen LogP contribution is 2.25. The first kappa shape index (κ1) is 18.1. The largest absolute Gasteiger partial charge is 0.261 e. The Balaban J connectivity index is 1.70. The van der Waals surface area contributed by atoms with Crippen LogP contribution < -0.4 is 0 Å². The van der Waals surface area contributed by atoms with Gasteiger partial charge in [0.2, 0.25) is 10.0 Å². The Bertz CT molecular complexity index is 821. The van der Waals surface area contributed by atoms with Gasteiger partial charge < -0.3 is 0 Å². The monoisotopic (exact) mass is 362 g/mol. The molecule has 2 aromatic heterocycles. The molecule has 1 saturated heterocycles. The summed E-state index contributed by atoms with van der Waals surface area (Å²) in [4.78, 5) is 4.51. The van der Waals surface area contributed by atoms with Gasteiger partial charge in [0.25, 0.3) is 0 Å². The maximum atomic E-state index is 11.6. The summed E-state index contributed by atoms with van der Waals surface area (Å²) in [6, 6.07) is 6.48. The summed E-state index contributed by atoms with van der Waals surface area (Å²) in [5, 5.41) is 4.38. The van der Waals surface area contributed by atoms with E-state index >= 15 is 0 Å². The first-order valence-electron chi connectivity index (χ1n) is 8.78. The van der Waals surface area contributed by atoms with Crippen LogP contribution in [0.3, 0.4) is 0 Å². The highest BCUT2D eigenvalue weighted by molar-refractivity contribution is 7.88. The smallest absolute Gasteiger partial charge is 0.211 e. The third kappa shape index (κ3) is 4.27. The van der Waals surface area contributed by atoms with E-state index in [-0.39, 0.29) is 6.04 Å². The number of piperidine rings is 1. The molecule has 3 heterocycles. The number of sulfonamides is 1. The molecule has 3 rings (SSSR count). The van der Waals surface area contributed by atoms with Crippen molar-refractivity contribution in [3.05, 3.63) is 36.2 Å². The van der Waals surface area contributed by atoms with Gasteiger partial charge in [-0.2, -0.15) is 5.10 Å². The second-order valence-corrected chi connectivity index (χ2v) is 9.10. The van der Waals surface area contributed by atoms with Crippen LogP contribution in [0.25, 0.3) is 11.4 Å². The Morgan fingerprint density at radius 2 is 1.92 bits per heavy atom. The average molecular weight is 362 g/mol. The predicted octanol–water partition coefficient (Wildman–Crippen LogP) is 2.74. The van der Waals surface area contributed by atoms with Gasteiger partial charge in [0, 0.05) is 31.5 Å². The average Bonchev–Trinajstić information content (AvgIpc) is 3.05. The molecule has 0 saturated carbocycles. The van der Waals surface area contributed by atoms with Crippen molar-refractivity contribution < 1.29 is 8.42 Å². The molecule has 6 nitrogen and oxygen atoms in total. The van der Waals surface area contributed by atoms with Crippen LogP contribution in [0.4, 0.5) is 0 Å². The van der Waals surface area contributed by atoms with Crippen molar-refractivity contribution in [1.82, 2.24) is 19.1 Å². The fourth-order valence-electron chi connectivity index (χ4n) is 3.45. The van der Waals surface area contributed by atoms with Crippen LogP contribution in [0, 0.1) is 5.92 Å². The first-order chi connectivity index (χ1) is 11.8. The van der Waals surface area contributed by atoms with Gasteiger partial charge in [-0.15, -0.1) is 0 Å². The normalized spacial score (nSPS) is 17.3. The molecule has 0 amide bonds. The van der Waals surface area contributed by atoms with Crippen molar-refractivity contribution in [1.29, 1.82) is 0 Å². The van der Waals surface area contributed by atoms with Crippen LogP contribution >= 0.6 is 0 Å². The summed E-state index contributed by atoms with van der Waals surface area (Å²) >= 11 is 0. The Labute approximate surface area is 149 Å². The van der Waals surface area contributed by atoms with E-state index in [4.69, 9.17) is 0 Å². The number of aromatic nitrogens is 3. The second-order valence-electron chi connectivity index (χ2n) is 7.11. The third-order valence-electron chi connectivity index (χ3n) is 4.81. The van der Waals surface area contributed by atoms with Gasteiger partial charge in [-0.25, -0.2) is 12.7 Å². The Hall–Kier alpha value is -1.73. The maximum Gasteiger partial charge on any atom is 0.211 e. The lowest BCUT2D eigenvalue weighted by atomic mass is 9.91. The molecule has 136 valence electrons. The van der Waals surface area contributed by atoms with E-state index in [1.807, 2.05) is 23.1 Å². The summed E-state index contributed by atoms with van der Waals surface area (Å²) in [5.74, 6) is 0.517. The van der Waals surface area contributed by atoms with Crippen LogP contribution in [-0.2, 0) is 16.4 Å². The minimum absolute atomic E-state index is 0.288. The highest BCUT2D eigenvalue weighted by Gasteiger charge is 2.25. The molecule has 0 atom stereocenters. The molecule has 0 aromatic carbocycles. The second kappa shape index (κ2) is 7.25. The Morgan fingerprint density at radius 3 is 2.56 bits per heavy atom. The first-order valence-corrected chi connectivity index (χ1v) is 10.6. The van der Waals surface area contributed by atoms with Crippen LogP contribution in [-0.4, -0.2) is 46.8 Å². The molecule has 0 bridgehead atoms. The van der Waals surface area contributed by atoms with Gasteiger partial charge in [-0.3, -0.25) is 9.67 Å². The molecule has 1 fully saturated rings. The molecule has 0 radical (unpaired) electrons. The van der Waals surface area contributed by atoms with Gasteiger partial charge in [-0.1, -0.05) is 0 Å². The van der Waals surface area contributed by atoms with Crippen LogP contribution in [0.2, 0.25) is 0 Å². The topological polar surface area (TPSA) is 68.1 Å². The predicted molar refractivity (Wildman–Crippen MR) is 98.7 cm³/mol. The number of pyridine rings is 1. The summed E-state index contributed by atoms with van der Waals surface area (Å²) < 4.78 is 26.8. The molecule has 0 aliphatic carbocycles. The van der Waals surface area contributed by atoms with Crippen LogP contribution in [0.5, 0.6) is 0 Å².